The summed E-state index contributed by atoms with van der Waals surface area (Å²) in [5.74, 6) is 0.705. The molecule has 0 saturated carbocycles. The maximum atomic E-state index is 12.8. The molecule has 0 aliphatic carbocycles. The van der Waals surface area contributed by atoms with Gasteiger partial charge in [-0.25, -0.2) is 0 Å². The monoisotopic (exact) mass is 930 g/mol. The second kappa shape index (κ2) is 21.4. The van der Waals surface area contributed by atoms with Crippen LogP contribution in [0.4, 0.5) is 0 Å². The second-order valence-corrected chi connectivity index (χ2v) is 22.5. The van der Waals surface area contributed by atoms with Crippen LogP contribution in [-0.4, -0.2) is 79.1 Å². The van der Waals surface area contributed by atoms with Crippen molar-refractivity contribution in [1.82, 2.24) is 20.8 Å². The molecule has 2 fully saturated rings. The molecule has 2 heterocycles. The summed E-state index contributed by atoms with van der Waals surface area (Å²) in [6.07, 6.45) is 7.66. The van der Waals surface area contributed by atoms with Crippen LogP contribution in [-0.2, 0) is 9.59 Å². The van der Waals surface area contributed by atoms with Crippen LogP contribution >= 0.6 is 23.2 Å². The Labute approximate surface area is 363 Å². The first-order valence-corrected chi connectivity index (χ1v) is 23.6. The minimum Gasteiger partial charge on any atom is -1.00 e. The van der Waals surface area contributed by atoms with Gasteiger partial charge < -0.3 is 38.0 Å². The summed E-state index contributed by atoms with van der Waals surface area (Å²) in [6, 6.07) is 32.7. The lowest BCUT2D eigenvalue weighted by Gasteiger charge is -2.36. The quantitative estimate of drug-likeness (QED) is 0.0864. The first-order chi connectivity index (χ1) is 26.4. The molecule has 5 rings (SSSR count). The molecule has 2 unspecified atom stereocenters. The van der Waals surface area contributed by atoms with E-state index in [1.165, 1.54) is 26.0 Å². The summed E-state index contributed by atoms with van der Waals surface area (Å²) in [4.78, 5) is 24.5. The van der Waals surface area contributed by atoms with Crippen LogP contribution < -0.4 is 43.5 Å². The second-order valence-electron chi connectivity index (χ2n) is 18.1. The molecule has 2 atom stereocenters. The van der Waals surface area contributed by atoms with E-state index in [4.69, 9.17) is 0 Å². The fourth-order valence-corrected chi connectivity index (χ4v) is 13.8. The molecule has 11 heteroatoms. The lowest BCUT2D eigenvalue weighted by Crippen LogP contribution is -3.00. The lowest BCUT2D eigenvalue weighted by atomic mass is 9.87. The van der Waals surface area contributed by atoms with Gasteiger partial charge >= 0.3 is 0 Å². The van der Waals surface area contributed by atoms with Gasteiger partial charge in [-0.05, 0) is 142 Å². The molecule has 2 aliphatic heterocycles. The molecule has 2 saturated heterocycles. The molecule has 2 aliphatic rings. The smallest absolute Gasteiger partial charge is 0.220 e. The molecule has 316 valence electrons. The number of carbonyl (C=O) groups excluding carboxylic acids is 2. The van der Waals surface area contributed by atoms with E-state index in [-0.39, 0.29) is 62.8 Å². The van der Waals surface area contributed by atoms with E-state index in [1.807, 2.05) is 27.7 Å². The van der Waals surface area contributed by atoms with E-state index >= 15 is 0 Å². The van der Waals surface area contributed by atoms with Gasteiger partial charge in [0, 0.05) is 53.4 Å². The number of halogens is 2. The SMILES string of the molecule is CC1(C)CC(CNC(=O)CCCCBr)C(C)(C)N1O.CC1(C)CC(CNC(=O)CCCC[P+](c2ccccc2)(c2ccccc2)c2ccccc2)C(C)(C)N1O.[Br-]. The Morgan fingerprint density at radius 2 is 0.947 bits per heavy atom. The average molecular weight is 933 g/mol. The van der Waals surface area contributed by atoms with Gasteiger partial charge in [0.2, 0.25) is 11.8 Å². The molecule has 57 heavy (non-hydrogen) atoms. The first-order valence-electron chi connectivity index (χ1n) is 20.5. The molecule has 0 spiro atoms. The van der Waals surface area contributed by atoms with Gasteiger partial charge in [0.1, 0.15) is 23.2 Å². The highest BCUT2D eigenvalue weighted by Gasteiger charge is 2.52. The Morgan fingerprint density at radius 1 is 0.614 bits per heavy atom. The number of unbranched alkanes of at least 4 members (excludes halogenated alkanes) is 2. The van der Waals surface area contributed by atoms with Crippen LogP contribution in [0.15, 0.2) is 91.0 Å². The van der Waals surface area contributed by atoms with Gasteiger partial charge in [-0.15, -0.1) is 0 Å². The Kier molecular flexibility index (Phi) is 18.5. The Balaban J connectivity index is 0.000000369. The minimum absolute atomic E-state index is 0. The zero-order valence-corrected chi connectivity index (χ0v) is 39.7. The molecular weight excluding hydrogens is 863 g/mol. The van der Waals surface area contributed by atoms with Gasteiger partial charge in [-0.2, -0.15) is 10.1 Å². The van der Waals surface area contributed by atoms with E-state index in [2.05, 4.69) is 145 Å². The summed E-state index contributed by atoms with van der Waals surface area (Å²) in [5, 5.41) is 35.0. The van der Waals surface area contributed by atoms with Crippen molar-refractivity contribution in [2.75, 3.05) is 24.6 Å². The molecule has 0 radical (unpaired) electrons. The van der Waals surface area contributed by atoms with Gasteiger partial charge in [0.25, 0.3) is 0 Å². The van der Waals surface area contributed by atoms with Crippen LogP contribution in [0.25, 0.3) is 0 Å². The van der Waals surface area contributed by atoms with Crippen molar-refractivity contribution in [2.45, 2.75) is 129 Å². The van der Waals surface area contributed by atoms with E-state index in [0.29, 0.717) is 25.9 Å². The Morgan fingerprint density at radius 3 is 1.25 bits per heavy atom. The number of hydrogen-bond donors (Lipinski definition) is 4. The van der Waals surface area contributed by atoms with Crippen molar-refractivity contribution in [3.8, 4) is 0 Å². The normalized spacial score (nSPS) is 20.8. The number of nitrogens with one attached hydrogen (secondary N) is 2. The van der Waals surface area contributed by atoms with E-state index < -0.39 is 7.26 Å². The van der Waals surface area contributed by atoms with E-state index in [0.717, 1.165) is 50.0 Å². The number of benzene rings is 3. The van der Waals surface area contributed by atoms with Crippen LogP contribution in [0.3, 0.4) is 0 Å². The number of rotatable bonds is 16. The van der Waals surface area contributed by atoms with Crippen molar-refractivity contribution in [3.63, 3.8) is 0 Å². The number of amides is 2. The molecule has 2 amide bonds. The molecule has 0 aromatic heterocycles. The van der Waals surface area contributed by atoms with Crippen LogP contribution in [0.2, 0.25) is 0 Å². The fourth-order valence-electron chi connectivity index (χ4n) is 8.98. The topological polar surface area (TPSA) is 105 Å². The minimum atomic E-state index is -1.85. The highest BCUT2D eigenvalue weighted by atomic mass is 79.9. The standard InChI is InChI=1S/C32H41N2O2P.C14H27BrN2O2.BrH/c1-31(2)24-26(32(3,4)34(31)36)25-33-30(35)22-14-15-23-37(27-16-8-5-9-17-27,28-18-10-6-11-19-28)29-20-12-7-13-21-29;1-13(2)9-11(14(3,4)17(13)19)10-16-12(18)7-5-6-8-15;/h5-13,16-21,26,36H,14-15,22-25H2,1-4H3;11,19H,5-10H2,1-4H3,(H,16,18);1H. The van der Waals surface area contributed by atoms with Gasteiger partial charge in [0.15, 0.2) is 0 Å². The van der Waals surface area contributed by atoms with E-state index in [9.17, 15) is 20.0 Å². The Hall–Kier alpha value is -2.17. The van der Waals surface area contributed by atoms with Crippen molar-refractivity contribution in [1.29, 1.82) is 0 Å². The summed E-state index contributed by atoms with van der Waals surface area (Å²) >= 11 is 3.36. The largest absolute Gasteiger partial charge is 1.00 e. The van der Waals surface area contributed by atoms with Crippen molar-refractivity contribution < 1.29 is 37.0 Å². The summed E-state index contributed by atoms with van der Waals surface area (Å²) in [7, 11) is -1.85. The molecular formula is C46H69Br2N4O4P. The molecule has 3 aromatic rings. The van der Waals surface area contributed by atoms with Crippen molar-refractivity contribution >= 4 is 50.9 Å². The number of nitrogens with zero attached hydrogens (tertiary/aromatic N) is 2. The third-order valence-corrected chi connectivity index (χ3v) is 17.4. The van der Waals surface area contributed by atoms with Gasteiger partial charge in [0.05, 0.1) is 6.16 Å². The molecule has 3 aromatic carbocycles. The zero-order valence-electron chi connectivity index (χ0n) is 35.6. The zero-order chi connectivity index (χ0) is 41.2. The number of hydrogen-bond acceptors (Lipinski definition) is 6. The predicted molar refractivity (Wildman–Crippen MR) is 237 cm³/mol. The third-order valence-electron chi connectivity index (χ3n) is 12.3. The number of carbonyl (C=O) groups is 2. The number of alkyl halides is 1. The number of hydroxylamine groups is 4. The van der Waals surface area contributed by atoms with Gasteiger partial charge in [-0.3, -0.25) is 9.59 Å². The Bertz CT molecular complexity index is 1580. The molecule has 0 bridgehead atoms. The van der Waals surface area contributed by atoms with Crippen LogP contribution in [0.1, 0.15) is 107 Å². The highest BCUT2D eigenvalue weighted by molar-refractivity contribution is 9.09. The predicted octanol–water partition coefficient (Wildman–Crippen LogP) is 5.48. The van der Waals surface area contributed by atoms with E-state index in [1.54, 1.807) is 0 Å². The van der Waals surface area contributed by atoms with Crippen LogP contribution in [0.5, 0.6) is 0 Å². The average Bonchev–Trinajstić information content (AvgIpc) is 3.44. The maximum Gasteiger partial charge on any atom is 0.220 e. The van der Waals surface area contributed by atoms with Crippen LogP contribution in [0, 0.1) is 11.8 Å². The summed E-state index contributed by atoms with van der Waals surface area (Å²) in [6.45, 7) is 17.6. The lowest BCUT2D eigenvalue weighted by molar-refractivity contribution is -0.196. The summed E-state index contributed by atoms with van der Waals surface area (Å²) in [5.41, 5.74) is -1.17. The van der Waals surface area contributed by atoms with Crippen molar-refractivity contribution in [2.24, 2.45) is 11.8 Å². The highest BCUT2D eigenvalue weighted by Crippen LogP contribution is 2.56. The molecule has 4 N–H and O–H groups in total. The first kappa shape index (κ1) is 49.2. The fraction of sp³-hybridized carbons (Fsp3) is 0.565. The maximum absolute atomic E-state index is 12.8. The van der Waals surface area contributed by atoms with Gasteiger partial charge in [-0.1, -0.05) is 70.5 Å². The molecule has 8 nitrogen and oxygen atoms in total. The third kappa shape index (κ3) is 12.2. The summed E-state index contributed by atoms with van der Waals surface area (Å²) < 4.78 is 0. The van der Waals surface area contributed by atoms with Crippen molar-refractivity contribution in [3.05, 3.63) is 91.0 Å².